The van der Waals surface area contributed by atoms with Crippen molar-refractivity contribution in [1.82, 2.24) is 5.32 Å². The molecular formula is C17H20ClN3O3. The van der Waals surface area contributed by atoms with Crippen molar-refractivity contribution in [3.05, 3.63) is 53.5 Å². The van der Waals surface area contributed by atoms with E-state index in [4.69, 9.17) is 10.2 Å². The number of nitrogens with one attached hydrogen (secondary N) is 1. The molecule has 0 saturated carbocycles. The first-order valence-electron chi connectivity index (χ1n) is 7.63. The molecule has 2 heterocycles. The number of carbonyl (C=O) groups is 2. The average molecular weight is 350 g/mol. The molecule has 1 aromatic heterocycles. The zero-order valence-electron chi connectivity index (χ0n) is 13.2. The zero-order chi connectivity index (χ0) is 16.2. The van der Waals surface area contributed by atoms with Gasteiger partial charge >= 0.3 is 0 Å². The lowest BCUT2D eigenvalue weighted by molar-refractivity contribution is -0.117. The maximum atomic E-state index is 12.4. The van der Waals surface area contributed by atoms with Crippen LogP contribution in [0.1, 0.15) is 28.1 Å². The Labute approximate surface area is 146 Å². The summed E-state index contributed by atoms with van der Waals surface area (Å²) in [6, 6.07) is 9.45. The van der Waals surface area contributed by atoms with E-state index in [0.717, 1.165) is 18.5 Å². The molecule has 0 unspecified atom stereocenters. The first-order valence-corrected chi connectivity index (χ1v) is 7.63. The fraction of sp³-hybridized carbons (Fsp3) is 0.294. The third kappa shape index (κ3) is 3.77. The van der Waals surface area contributed by atoms with E-state index in [1.165, 1.54) is 11.8 Å². The standard InChI is InChI=1S/C17H19N3O3.ClH/c18-9-14-8-13(11-23-14)17(22)19-10-16(21)20-7-3-5-12-4-1-2-6-15(12)20;/h1-2,4,6,8,11H,3,5,7,9-10,18H2,(H,19,22);1H. The highest BCUT2D eigenvalue weighted by Gasteiger charge is 2.22. The highest BCUT2D eigenvalue weighted by Crippen LogP contribution is 2.26. The molecule has 0 aliphatic carbocycles. The number of furan rings is 1. The molecule has 7 heteroatoms. The minimum absolute atomic E-state index is 0. The predicted octanol–water partition coefficient (Wildman–Crippen LogP) is 1.87. The monoisotopic (exact) mass is 349 g/mol. The minimum Gasteiger partial charge on any atom is -0.467 e. The van der Waals surface area contributed by atoms with Crippen LogP contribution in [0.2, 0.25) is 0 Å². The highest BCUT2D eigenvalue weighted by molar-refractivity contribution is 6.00. The topological polar surface area (TPSA) is 88.6 Å². The molecule has 0 spiro atoms. The molecule has 2 aromatic rings. The van der Waals surface area contributed by atoms with Gasteiger partial charge < -0.3 is 20.4 Å². The van der Waals surface area contributed by atoms with Crippen LogP contribution in [0.4, 0.5) is 5.69 Å². The smallest absolute Gasteiger partial charge is 0.254 e. The Balaban J connectivity index is 0.00000208. The summed E-state index contributed by atoms with van der Waals surface area (Å²) in [6.45, 7) is 0.863. The zero-order valence-corrected chi connectivity index (χ0v) is 14.0. The normalized spacial score (nSPS) is 13.0. The van der Waals surface area contributed by atoms with E-state index in [2.05, 4.69) is 5.32 Å². The van der Waals surface area contributed by atoms with Gasteiger partial charge in [0.2, 0.25) is 5.91 Å². The Morgan fingerprint density at radius 2 is 2.08 bits per heavy atom. The van der Waals surface area contributed by atoms with E-state index in [1.54, 1.807) is 11.0 Å². The highest BCUT2D eigenvalue weighted by atomic mass is 35.5. The lowest BCUT2D eigenvalue weighted by Gasteiger charge is -2.29. The lowest BCUT2D eigenvalue weighted by Crippen LogP contribution is -2.42. The van der Waals surface area contributed by atoms with Crippen LogP contribution in [-0.2, 0) is 17.8 Å². The van der Waals surface area contributed by atoms with Gasteiger partial charge in [-0.25, -0.2) is 0 Å². The molecule has 3 N–H and O–H groups in total. The Morgan fingerprint density at radius 1 is 1.29 bits per heavy atom. The molecule has 0 saturated heterocycles. The molecule has 0 atom stereocenters. The van der Waals surface area contributed by atoms with Crippen LogP contribution in [0.5, 0.6) is 0 Å². The number of carbonyl (C=O) groups excluding carboxylic acids is 2. The van der Waals surface area contributed by atoms with Crippen molar-refractivity contribution in [2.45, 2.75) is 19.4 Å². The van der Waals surface area contributed by atoms with Gasteiger partial charge in [0.1, 0.15) is 12.0 Å². The molecule has 0 fully saturated rings. The molecule has 1 aliphatic heterocycles. The number of benzene rings is 1. The van der Waals surface area contributed by atoms with E-state index >= 15 is 0 Å². The second-order valence-electron chi connectivity index (χ2n) is 5.47. The summed E-state index contributed by atoms with van der Waals surface area (Å²) in [5.74, 6) is 0.0755. The Bertz CT molecular complexity index is 729. The Morgan fingerprint density at radius 3 is 2.83 bits per heavy atom. The largest absolute Gasteiger partial charge is 0.467 e. The van der Waals surface area contributed by atoms with Gasteiger partial charge in [0.15, 0.2) is 0 Å². The van der Waals surface area contributed by atoms with Crippen molar-refractivity contribution in [3.63, 3.8) is 0 Å². The summed E-state index contributed by atoms with van der Waals surface area (Å²) in [6.07, 6.45) is 3.25. The van der Waals surface area contributed by atoms with Crippen LogP contribution < -0.4 is 16.0 Å². The summed E-state index contributed by atoms with van der Waals surface area (Å²) in [4.78, 5) is 26.2. The number of nitrogens with two attached hydrogens (primary N) is 1. The van der Waals surface area contributed by atoms with Crippen molar-refractivity contribution in [1.29, 1.82) is 0 Å². The molecular weight excluding hydrogens is 330 g/mol. The maximum Gasteiger partial charge on any atom is 0.254 e. The second kappa shape index (κ2) is 7.99. The van der Waals surface area contributed by atoms with Gasteiger partial charge in [-0.2, -0.15) is 0 Å². The number of halogens is 1. The fourth-order valence-corrected chi connectivity index (χ4v) is 2.75. The summed E-state index contributed by atoms with van der Waals surface area (Å²) in [5, 5.41) is 2.63. The van der Waals surface area contributed by atoms with E-state index in [-0.39, 0.29) is 37.3 Å². The quantitative estimate of drug-likeness (QED) is 0.882. The van der Waals surface area contributed by atoms with Gasteiger partial charge in [-0.3, -0.25) is 9.59 Å². The molecule has 24 heavy (non-hydrogen) atoms. The van der Waals surface area contributed by atoms with Gasteiger partial charge in [0.25, 0.3) is 5.91 Å². The number of hydrogen-bond donors (Lipinski definition) is 2. The molecule has 128 valence electrons. The lowest BCUT2D eigenvalue weighted by atomic mass is 10.0. The van der Waals surface area contributed by atoms with Crippen molar-refractivity contribution in [2.24, 2.45) is 5.73 Å². The van der Waals surface area contributed by atoms with Crippen molar-refractivity contribution >= 4 is 29.9 Å². The molecule has 6 nitrogen and oxygen atoms in total. The number of amides is 2. The van der Waals surface area contributed by atoms with Gasteiger partial charge in [-0.05, 0) is 30.5 Å². The number of hydrogen-bond acceptors (Lipinski definition) is 4. The van der Waals surface area contributed by atoms with Crippen molar-refractivity contribution < 1.29 is 14.0 Å². The number of anilines is 1. The van der Waals surface area contributed by atoms with Crippen LogP contribution in [0.3, 0.4) is 0 Å². The Kier molecular flexibility index (Phi) is 6.00. The third-order valence-corrected chi connectivity index (χ3v) is 3.93. The van der Waals surface area contributed by atoms with Gasteiger partial charge in [0.05, 0.1) is 18.7 Å². The molecule has 1 aliphatic rings. The van der Waals surface area contributed by atoms with Crippen molar-refractivity contribution in [3.8, 4) is 0 Å². The number of nitrogens with zero attached hydrogens (tertiary/aromatic N) is 1. The van der Waals surface area contributed by atoms with Crippen LogP contribution in [0.15, 0.2) is 41.0 Å². The minimum atomic E-state index is -0.341. The summed E-state index contributed by atoms with van der Waals surface area (Å²) < 4.78 is 5.12. The maximum absolute atomic E-state index is 12.4. The molecule has 0 radical (unpaired) electrons. The van der Waals surface area contributed by atoms with Gasteiger partial charge in [-0.15, -0.1) is 12.4 Å². The van der Waals surface area contributed by atoms with Gasteiger partial charge in [0, 0.05) is 12.2 Å². The molecule has 1 aromatic carbocycles. The van der Waals surface area contributed by atoms with Crippen LogP contribution >= 0.6 is 12.4 Å². The predicted molar refractivity (Wildman–Crippen MR) is 93.3 cm³/mol. The van der Waals surface area contributed by atoms with Crippen LogP contribution in [0.25, 0.3) is 0 Å². The average Bonchev–Trinajstić information content (AvgIpc) is 3.08. The van der Waals surface area contributed by atoms with E-state index in [9.17, 15) is 9.59 Å². The van der Waals surface area contributed by atoms with Crippen LogP contribution in [-0.4, -0.2) is 24.9 Å². The first-order chi connectivity index (χ1) is 11.2. The SMILES string of the molecule is Cl.NCc1cc(C(=O)NCC(=O)N2CCCc3ccccc32)co1. The van der Waals surface area contributed by atoms with E-state index in [0.29, 0.717) is 17.9 Å². The number of fused-ring (bicyclic) bond motifs is 1. The summed E-state index contributed by atoms with van der Waals surface area (Å²) in [5.41, 5.74) is 7.92. The third-order valence-electron chi connectivity index (χ3n) is 3.93. The Hall–Kier alpha value is -2.31. The summed E-state index contributed by atoms with van der Waals surface area (Å²) in [7, 11) is 0. The number of para-hydroxylation sites is 1. The van der Waals surface area contributed by atoms with Crippen molar-refractivity contribution in [2.75, 3.05) is 18.0 Å². The number of rotatable bonds is 4. The first kappa shape index (κ1) is 18.0. The van der Waals surface area contributed by atoms with E-state index in [1.807, 2.05) is 24.3 Å². The van der Waals surface area contributed by atoms with Gasteiger partial charge in [-0.1, -0.05) is 18.2 Å². The van der Waals surface area contributed by atoms with Crippen LogP contribution in [0, 0.1) is 0 Å². The molecule has 3 rings (SSSR count). The molecule has 2 amide bonds. The second-order valence-corrected chi connectivity index (χ2v) is 5.47. The summed E-state index contributed by atoms with van der Waals surface area (Å²) >= 11 is 0. The molecule has 0 bridgehead atoms. The number of aryl methyl sites for hydroxylation is 1. The van der Waals surface area contributed by atoms with E-state index < -0.39 is 0 Å². The fourth-order valence-electron chi connectivity index (χ4n) is 2.75.